The molecule has 0 spiro atoms. The lowest BCUT2D eigenvalue weighted by Crippen LogP contribution is -2.42. The van der Waals surface area contributed by atoms with Crippen molar-refractivity contribution in [2.24, 2.45) is 0 Å². The minimum absolute atomic E-state index is 0.0236. The van der Waals surface area contributed by atoms with Crippen molar-refractivity contribution in [3.8, 4) is 23.5 Å². The van der Waals surface area contributed by atoms with Crippen molar-refractivity contribution in [2.75, 3.05) is 11.4 Å². The molecule has 0 radical (unpaired) electrons. The number of ketones is 1. The van der Waals surface area contributed by atoms with Crippen molar-refractivity contribution in [1.29, 1.82) is 0 Å². The van der Waals surface area contributed by atoms with Crippen LogP contribution < -0.4 is 4.90 Å². The maximum absolute atomic E-state index is 13.0. The summed E-state index contributed by atoms with van der Waals surface area (Å²) >= 11 is 3.37. The van der Waals surface area contributed by atoms with Crippen LogP contribution in [-0.2, 0) is 10.4 Å². The van der Waals surface area contributed by atoms with Crippen molar-refractivity contribution in [2.45, 2.75) is 12.0 Å². The van der Waals surface area contributed by atoms with Gasteiger partial charge in [-0.1, -0.05) is 76.4 Å². The van der Waals surface area contributed by atoms with E-state index in [2.05, 4.69) is 21.9 Å². The number of carbonyl (C=O) groups excluding carboxylic acids is 2. The van der Waals surface area contributed by atoms with E-state index in [4.69, 9.17) is 6.42 Å². The summed E-state index contributed by atoms with van der Waals surface area (Å²) in [4.78, 5) is 27.3. The molecule has 1 aliphatic rings. The topological polar surface area (TPSA) is 57.6 Å². The zero-order valence-electron chi connectivity index (χ0n) is 16.0. The molecule has 0 aliphatic carbocycles. The first-order valence-electron chi connectivity index (χ1n) is 9.40. The molecular formula is C25H18BrNO3. The fraction of sp³-hybridized carbons (Fsp3) is 0.120. The van der Waals surface area contributed by atoms with E-state index < -0.39 is 11.5 Å². The lowest BCUT2D eigenvalue weighted by atomic mass is 9.88. The zero-order valence-corrected chi connectivity index (χ0v) is 17.6. The summed E-state index contributed by atoms with van der Waals surface area (Å²) in [5, 5.41) is 11.3. The summed E-state index contributed by atoms with van der Waals surface area (Å²) in [6, 6.07) is 22.1. The number of hydrogen-bond donors (Lipinski definition) is 1. The molecule has 148 valence electrons. The number of benzene rings is 3. The molecule has 3 aromatic rings. The van der Waals surface area contributed by atoms with Crippen LogP contribution in [0.3, 0.4) is 0 Å². The molecule has 0 aromatic heterocycles. The molecule has 1 heterocycles. The van der Waals surface area contributed by atoms with Crippen molar-refractivity contribution >= 4 is 33.3 Å². The standard InChI is InChI=1S/C25H18BrNO3/c1-2-14-27-22-13-12-20(26)15-21(22)25(30,24(27)29)16-23(28)19-10-8-18(9-11-19)17-6-4-3-5-7-17/h1,3-13,15,30H,14,16H2. The number of terminal acetylenes is 1. The molecular weight excluding hydrogens is 442 g/mol. The Morgan fingerprint density at radius 3 is 2.37 bits per heavy atom. The van der Waals surface area contributed by atoms with Crippen molar-refractivity contribution in [3.05, 3.63) is 88.4 Å². The number of aliphatic hydroxyl groups is 1. The molecule has 1 amide bonds. The minimum atomic E-state index is -1.95. The molecule has 0 fully saturated rings. The van der Waals surface area contributed by atoms with Gasteiger partial charge in [0.05, 0.1) is 18.7 Å². The highest BCUT2D eigenvalue weighted by Crippen LogP contribution is 2.44. The van der Waals surface area contributed by atoms with Gasteiger partial charge in [-0.15, -0.1) is 6.42 Å². The van der Waals surface area contributed by atoms with E-state index in [1.54, 1.807) is 30.3 Å². The van der Waals surface area contributed by atoms with Gasteiger partial charge < -0.3 is 5.11 Å². The maximum Gasteiger partial charge on any atom is 0.265 e. The number of nitrogens with zero attached hydrogens (tertiary/aromatic N) is 1. The Bertz CT molecular complexity index is 1170. The SMILES string of the molecule is C#CCN1C(=O)C(O)(CC(=O)c2ccc(-c3ccccc3)cc2)c2cc(Br)ccc21. The van der Waals surface area contributed by atoms with Gasteiger partial charge in [-0.3, -0.25) is 14.5 Å². The molecule has 0 saturated heterocycles. The van der Waals surface area contributed by atoms with Crippen LogP contribution in [0.2, 0.25) is 0 Å². The summed E-state index contributed by atoms with van der Waals surface area (Å²) in [5.74, 6) is 1.54. The fourth-order valence-corrected chi connectivity index (χ4v) is 4.12. The number of amides is 1. The van der Waals surface area contributed by atoms with Crippen LogP contribution in [0.4, 0.5) is 5.69 Å². The molecule has 0 bridgehead atoms. The van der Waals surface area contributed by atoms with E-state index in [1.165, 1.54) is 4.90 Å². The molecule has 1 aliphatic heterocycles. The summed E-state index contributed by atoms with van der Waals surface area (Å²) < 4.78 is 0.703. The smallest absolute Gasteiger partial charge is 0.265 e. The Morgan fingerprint density at radius 2 is 1.70 bits per heavy atom. The first kappa shape index (κ1) is 20.1. The van der Waals surface area contributed by atoms with Gasteiger partial charge in [0.15, 0.2) is 11.4 Å². The molecule has 1 unspecified atom stereocenters. The van der Waals surface area contributed by atoms with Crippen LogP contribution in [0.15, 0.2) is 77.3 Å². The zero-order chi connectivity index (χ0) is 21.3. The normalized spacial score (nSPS) is 17.5. The third-order valence-corrected chi connectivity index (χ3v) is 5.77. The van der Waals surface area contributed by atoms with Crippen LogP contribution in [-0.4, -0.2) is 23.3 Å². The van der Waals surface area contributed by atoms with Gasteiger partial charge in [-0.25, -0.2) is 0 Å². The van der Waals surface area contributed by atoms with E-state index in [9.17, 15) is 14.7 Å². The summed E-state index contributed by atoms with van der Waals surface area (Å²) in [7, 11) is 0. The monoisotopic (exact) mass is 459 g/mol. The van der Waals surface area contributed by atoms with Crippen LogP contribution >= 0.6 is 15.9 Å². The number of fused-ring (bicyclic) bond motifs is 1. The molecule has 5 heteroatoms. The molecule has 1 N–H and O–H groups in total. The van der Waals surface area contributed by atoms with E-state index in [0.717, 1.165) is 11.1 Å². The Labute approximate surface area is 183 Å². The first-order valence-corrected chi connectivity index (χ1v) is 10.2. The number of Topliss-reactive ketones (excluding diaryl/α,β-unsaturated/α-hetero) is 1. The Balaban J connectivity index is 1.63. The van der Waals surface area contributed by atoms with Crippen molar-refractivity contribution in [3.63, 3.8) is 0 Å². The molecule has 30 heavy (non-hydrogen) atoms. The molecule has 4 rings (SSSR count). The third kappa shape index (κ3) is 3.45. The summed E-state index contributed by atoms with van der Waals surface area (Å²) in [6.45, 7) is 0.0236. The molecule has 4 nitrogen and oxygen atoms in total. The lowest BCUT2D eigenvalue weighted by molar-refractivity contribution is -0.135. The maximum atomic E-state index is 13.0. The summed E-state index contributed by atoms with van der Waals surface area (Å²) in [5.41, 5.74) is 1.41. The van der Waals surface area contributed by atoms with E-state index in [-0.39, 0.29) is 18.7 Å². The van der Waals surface area contributed by atoms with Gasteiger partial charge >= 0.3 is 0 Å². The van der Waals surface area contributed by atoms with Gasteiger partial charge in [0.1, 0.15) is 0 Å². The second-order valence-corrected chi connectivity index (χ2v) is 8.08. The van der Waals surface area contributed by atoms with Gasteiger partial charge in [-0.2, -0.15) is 0 Å². The quantitative estimate of drug-likeness (QED) is 0.449. The second-order valence-electron chi connectivity index (χ2n) is 7.16. The van der Waals surface area contributed by atoms with E-state index >= 15 is 0 Å². The highest BCUT2D eigenvalue weighted by atomic mass is 79.9. The number of halogens is 1. The van der Waals surface area contributed by atoms with Crippen LogP contribution in [0, 0.1) is 12.3 Å². The lowest BCUT2D eigenvalue weighted by Gasteiger charge is -2.22. The van der Waals surface area contributed by atoms with Crippen LogP contribution in [0.25, 0.3) is 11.1 Å². The number of carbonyl (C=O) groups is 2. The highest BCUT2D eigenvalue weighted by molar-refractivity contribution is 9.10. The van der Waals surface area contributed by atoms with Gasteiger partial charge in [0, 0.05) is 15.6 Å². The number of hydrogen-bond acceptors (Lipinski definition) is 3. The van der Waals surface area contributed by atoms with E-state index in [1.807, 2.05) is 42.5 Å². The fourth-order valence-electron chi connectivity index (χ4n) is 3.76. The predicted molar refractivity (Wildman–Crippen MR) is 120 cm³/mol. The number of anilines is 1. The Kier molecular flexibility index (Phi) is 5.29. The molecule has 1 atom stereocenters. The second kappa shape index (κ2) is 7.91. The Hall–Kier alpha value is -3.20. The van der Waals surface area contributed by atoms with Crippen molar-refractivity contribution in [1.82, 2.24) is 0 Å². The molecule has 3 aromatic carbocycles. The minimum Gasteiger partial charge on any atom is -0.375 e. The average molecular weight is 460 g/mol. The van der Waals surface area contributed by atoms with Gasteiger partial charge in [0.2, 0.25) is 0 Å². The third-order valence-electron chi connectivity index (χ3n) is 5.27. The number of rotatable bonds is 5. The van der Waals surface area contributed by atoms with Crippen molar-refractivity contribution < 1.29 is 14.7 Å². The van der Waals surface area contributed by atoms with Crippen LogP contribution in [0.5, 0.6) is 0 Å². The van der Waals surface area contributed by atoms with E-state index in [0.29, 0.717) is 21.3 Å². The largest absolute Gasteiger partial charge is 0.375 e. The highest BCUT2D eigenvalue weighted by Gasteiger charge is 2.50. The summed E-state index contributed by atoms with van der Waals surface area (Å²) in [6.07, 6.45) is 5.04. The van der Waals surface area contributed by atoms with Gasteiger partial charge in [0.25, 0.3) is 5.91 Å². The van der Waals surface area contributed by atoms with Crippen LogP contribution in [0.1, 0.15) is 22.3 Å². The predicted octanol–water partition coefficient (Wildman–Crippen LogP) is 4.56. The van der Waals surface area contributed by atoms with Gasteiger partial charge in [-0.05, 0) is 29.3 Å². The molecule has 0 saturated carbocycles. The average Bonchev–Trinajstić information content (AvgIpc) is 2.96. The Morgan fingerprint density at radius 1 is 1.03 bits per heavy atom. The first-order chi connectivity index (χ1) is 14.4.